The van der Waals surface area contributed by atoms with Crippen molar-refractivity contribution in [3.63, 3.8) is 0 Å². The van der Waals surface area contributed by atoms with E-state index in [0.717, 1.165) is 45.1 Å². The smallest absolute Gasteiger partial charge is 0.117 e. The molecule has 4 heterocycles. The molecule has 2 aliphatic rings. The van der Waals surface area contributed by atoms with E-state index >= 15 is 0 Å². The van der Waals surface area contributed by atoms with Gasteiger partial charge < -0.3 is 9.15 Å². The molecule has 0 radical (unpaired) electrons. The molecule has 0 bridgehead atoms. The van der Waals surface area contributed by atoms with E-state index in [1.165, 1.54) is 12.0 Å². The number of piperidine rings is 1. The van der Waals surface area contributed by atoms with Gasteiger partial charge in [0, 0.05) is 37.9 Å². The van der Waals surface area contributed by atoms with E-state index in [9.17, 15) is 0 Å². The number of nitrogens with zero attached hydrogens (tertiary/aromatic N) is 3. The number of rotatable bonds is 6. The number of hydrogen-bond donors (Lipinski definition) is 0. The van der Waals surface area contributed by atoms with Gasteiger partial charge in [-0.2, -0.15) is 0 Å². The fourth-order valence-electron chi connectivity index (χ4n) is 4.28. The molecule has 2 saturated heterocycles. The van der Waals surface area contributed by atoms with Crippen molar-refractivity contribution in [3.8, 4) is 0 Å². The van der Waals surface area contributed by atoms with E-state index in [0.29, 0.717) is 17.9 Å². The zero-order valence-corrected chi connectivity index (χ0v) is 14.9. The first kappa shape index (κ1) is 16.8. The van der Waals surface area contributed by atoms with Crippen LogP contribution >= 0.6 is 0 Å². The van der Waals surface area contributed by atoms with E-state index in [-0.39, 0.29) is 0 Å². The Balaban J connectivity index is 1.28. The molecule has 3 atom stereocenters. The molecule has 2 fully saturated rings. The Morgan fingerprint density at radius 3 is 2.96 bits per heavy atom. The Labute approximate surface area is 149 Å². The molecule has 5 heteroatoms. The second-order valence-corrected chi connectivity index (χ2v) is 7.45. The summed E-state index contributed by atoms with van der Waals surface area (Å²) in [5, 5.41) is 0. The molecule has 0 N–H and O–H groups in total. The topological polar surface area (TPSA) is 41.7 Å². The molecule has 25 heavy (non-hydrogen) atoms. The van der Waals surface area contributed by atoms with Crippen LogP contribution in [0.2, 0.25) is 0 Å². The van der Waals surface area contributed by atoms with Gasteiger partial charge in [-0.3, -0.25) is 14.8 Å². The maximum Gasteiger partial charge on any atom is 0.117 e. The summed E-state index contributed by atoms with van der Waals surface area (Å²) in [7, 11) is 2.15. The number of ether oxygens (including phenoxy) is 1. The molecule has 0 spiro atoms. The third kappa shape index (κ3) is 4.11. The van der Waals surface area contributed by atoms with Crippen molar-refractivity contribution in [2.45, 2.75) is 25.6 Å². The van der Waals surface area contributed by atoms with E-state index in [1.807, 2.05) is 24.5 Å². The molecule has 134 valence electrons. The lowest BCUT2D eigenvalue weighted by Gasteiger charge is -2.36. The number of likely N-dealkylation sites (N-methyl/N-ethyl adjacent to an activating group) is 1. The number of aromatic nitrogens is 1. The van der Waals surface area contributed by atoms with Gasteiger partial charge in [-0.05, 0) is 55.8 Å². The summed E-state index contributed by atoms with van der Waals surface area (Å²) in [6.45, 7) is 6.05. The van der Waals surface area contributed by atoms with Crippen LogP contribution in [-0.2, 0) is 17.8 Å². The first-order valence-electron chi connectivity index (χ1n) is 9.22. The van der Waals surface area contributed by atoms with Crippen LogP contribution in [-0.4, -0.2) is 54.2 Å². The van der Waals surface area contributed by atoms with Gasteiger partial charge in [0.25, 0.3) is 0 Å². The predicted octanol–water partition coefficient (Wildman–Crippen LogP) is 2.64. The number of fused-ring (bicyclic) bond motifs is 1. The van der Waals surface area contributed by atoms with Crippen molar-refractivity contribution in [2.24, 2.45) is 11.8 Å². The average Bonchev–Trinajstić information content (AvgIpc) is 3.26. The molecular formula is C20H27N3O2. The second kappa shape index (κ2) is 7.68. The summed E-state index contributed by atoms with van der Waals surface area (Å²) < 4.78 is 11.6. The van der Waals surface area contributed by atoms with Crippen LogP contribution in [0.3, 0.4) is 0 Å². The first-order chi connectivity index (χ1) is 12.3. The highest BCUT2D eigenvalue weighted by Gasteiger charge is 2.40. The third-order valence-corrected chi connectivity index (χ3v) is 5.53. The lowest BCUT2D eigenvalue weighted by atomic mass is 9.84. The van der Waals surface area contributed by atoms with E-state index in [1.54, 1.807) is 6.26 Å². The van der Waals surface area contributed by atoms with Gasteiger partial charge in [0.1, 0.15) is 5.76 Å². The Hall–Kier alpha value is -1.69. The van der Waals surface area contributed by atoms with Gasteiger partial charge >= 0.3 is 0 Å². The van der Waals surface area contributed by atoms with Crippen molar-refractivity contribution < 1.29 is 9.15 Å². The van der Waals surface area contributed by atoms with Crippen LogP contribution < -0.4 is 0 Å². The van der Waals surface area contributed by atoms with Crippen molar-refractivity contribution in [2.75, 3.05) is 33.3 Å². The molecular weight excluding hydrogens is 314 g/mol. The summed E-state index contributed by atoms with van der Waals surface area (Å²) in [5.41, 5.74) is 1.35. The minimum absolute atomic E-state index is 0.355. The van der Waals surface area contributed by atoms with Crippen LogP contribution in [0.25, 0.3) is 0 Å². The average molecular weight is 341 g/mol. The molecule has 2 aromatic rings. The molecule has 2 aromatic heterocycles. The summed E-state index contributed by atoms with van der Waals surface area (Å²) in [6, 6.07) is 8.21. The van der Waals surface area contributed by atoms with Crippen LogP contribution in [0.15, 0.2) is 47.3 Å². The van der Waals surface area contributed by atoms with Gasteiger partial charge in [-0.25, -0.2) is 0 Å². The Bertz CT molecular complexity index is 646. The van der Waals surface area contributed by atoms with Crippen LogP contribution in [0.4, 0.5) is 0 Å². The van der Waals surface area contributed by atoms with Gasteiger partial charge in [-0.15, -0.1) is 0 Å². The summed E-state index contributed by atoms with van der Waals surface area (Å²) in [6.07, 6.45) is 7.09. The number of hydrogen-bond acceptors (Lipinski definition) is 5. The maximum absolute atomic E-state index is 6.18. The summed E-state index contributed by atoms with van der Waals surface area (Å²) in [4.78, 5) is 8.98. The Morgan fingerprint density at radius 2 is 2.16 bits per heavy atom. The van der Waals surface area contributed by atoms with Crippen LogP contribution in [0.1, 0.15) is 17.7 Å². The first-order valence-corrected chi connectivity index (χ1v) is 9.22. The van der Waals surface area contributed by atoms with Crippen molar-refractivity contribution in [3.05, 3.63) is 54.2 Å². The standard InChI is InChI=1S/C20H27N3O2/c1-22(13-18-3-2-10-24-18)14-20-19-6-9-23(12-17(19)15-25-20)11-16-4-7-21-8-5-16/h2-5,7-8,10,17,19-20H,6,9,11-15H2,1H3/t17-,19-,20+/m1/s1. The zero-order chi connectivity index (χ0) is 17.1. The molecule has 5 nitrogen and oxygen atoms in total. The molecule has 0 saturated carbocycles. The zero-order valence-electron chi connectivity index (χ0n) is 14.9. The number of furan rings is 1. The Morgan fingerprint density at radius 1 is 1.28 bits per heavy atom. The third-order valence-electron chi connectivity index (χ3n) is 5.53. The largest absolute Gasteiger partial charge is 0.468 e. The molecule has 0 amide bonds. The normalized spacial score (nSPS) is 26.9. The fraction of sp³-hybridized carbons (Fsp3) is 0.550. The number of likely N-dealkylation sites (tertiary alicyclic amines) is 1. The quantitative estimate of drug-likeness (QED) is 0.808. The lowest BCUT2D eigenvalue weighted by molar-refractivity contribution is 0.0533. The summed E-state index contributed by atoms with van der Waals surface area (Å²) in [5.74, 6) is 2.37. The highest BCUT2D eigenvalue weighted by Crippen LogP contribution is 2.35. The fourth-order valence-corrected chi connectivity index (χ4v) is 4.28. The molecule has 0 aromatic carbocycles. The maximum atomic E-state index is 6.18. The predicted molar refractivity (Wildman–Crippen MR) is 95.9 cm³/mol. The van der Waals surface area contributed by atoms with Crippen LogP contribution in [0, 0.1) is 11.8 Å². The SMILES string of the molecule is CN(Cc1ccco1)C[C@@H]1OC[C@H]2CN(Cc3ccncc3)CC[C@H]21. The second-order valence-electron chi connectivity index (χ2n) is 7.45. The monoisotopic (exact) mass is 341 g/mol. The number of pyridine rings is 1. The van der Waals surface area contributed by atoms with Crippen molar-refractivity contribution >= 4 is 0 Å². The highest BCUT2D eigenvalue weighted by molar-refractivity contribution is 5.09. The lowest BCUT2D eigenvalue weighted by Crippen LogP contribution is -2.43. The highest BCUT2D eigenvalue weighted by atomic mass is 16.5. The molecule has 0 unspecified atom stereocenters. The molecule has 4 rings (SSSR count). The minimum atomic E-state index is 0.355. The van der Waals surface area contributed by atoms with Gasteiger partial charge in [0.2, 0.25) is 0 Å². The van der Waals surface area contributed by atoms with Crippen LogP contribution in [0.5, 0.6) is 0 Å². The van der Waals surface area contributed by atoms with Gasteiger partial charge in [-0.1, -0.05) is 0 Å². The Kier molecular flexibility index (Phi) is 5.15. The van der Waals surface area contributed by atoms with Gasteiger partial charge in [0.15, 0.2) is 0 Å². The van der Waals surface area contributed by atoms with E-state index < -0.39 is 0 Å². The molecule has 2 aliphatic heterocycles. The molecule has 0 aliphatic carbocycles. The van der Waals surface area contributed by atoms with Crippen molar-refractivity contribution in [1.29, 1.82) is 0 Å². The van der Waals surface area contributed by atoms with Gasteiger partial charge in [0.05, 0.1) is 25.5 Å². The minimum Gasteiger partial charge on any atom is -0.468 e. The van der Waals surface area contributed by atoms with Crippen molar-refractivity contribution in [1.82, 2.24) is 14.8 Å². The summed E-state index contributed by atoms with van der Waals surface area (Å²) >= 11 is 0. The van der Waals surface area contributed by atoms with E-state index in [2.05, 4.69) is 34.0 Å². The van der Waals surface area contributed by atoms with E-state index in [4.69, 9.17) is 9.15 Å².